The molecule has 0 spiro atoms. The lowest BCUT2D eigenvalue weighted by Gasteiger charge is -2.32. The Kier molecular flexibility index (Phi) is 6.84. The third kappa shape index (κ3) is 4.82. The predicted octanol–water partition coefficient (Wildman–Crippen LogP) is 4.98. The zero-order valence-corrected chi connectivity index (χ0v) is 20.4. The van der Waals surface area contributed by atoms with Gasteiger partial charge >= 0.3 is 0 Å². The third-order valence-corrected chi connectivity index (χ3v) is 8.11. The number of anilines is 1. The molecule has 2 N–H and O–H groups in total. The van der Waals surface area contributed by atoms with Crippen LogP contribution in [-0.4, -0.2) is 46.4 Å². The lowest BCUT2D eigenvalue weighted by molar-refractivity contribution is 0.0994. The molecule has 2 fully saturated rings. The van der Waals surface area contributed by atoms with Gasteiger partial charge in [-0.3, -0.25) is 14.8 Å². The number of thioether (sulfide) groups is 1. The molecule has 34 heavy (non-hydrogen) atoms. The zero-order valence-electron chi connectivity index (χ0n) is 19.5. The van der Waals surface area contributed by atoms with Crippen LogP contribution in [0.5, 0.6) is 0 Å². The Hall–Kier alpha value is -2.51. The van der Waals surface area contributed by atoms with Crippen LogP contribution >= 0.6 is 11.8 Å². The molecule has 5 nitrogen and oxygen atoms in total. The number of rotatable bonds is 5. The van der Waals surface area contributed by atoms with E-state index in [-0.39, 0.29) is 24.1 Å². The van der Waals surface area contributed by atoms with E-state index in [1.54, 1.807) is 24.7 Å². The van der Waals surface area contributed by atoms with Crippen LogP contribution in [0, 0.1) is 11.7 Å². The molecular formula is C27H31FN4OS. The van der Waals surface area contributed by atoms with Crippen molar-refractivity contribution in [1.82, 2.24) is 9.97 Å². The van der Waals surface area contributed by atoms with E-state index in [1.807, 2.05) is 23.9 Å². The minimum Gasteiger partial charge on any atom is -0.369 e. The van der Waals surface area contributed by atoms with E-state index in [2.05, 4.69) is 21.8 Å². The van der Waals surface area contributed by atoms with Crippen LogP contribution in [0.15, 0.2) is 42.9 Å². The maximum atomic E-state index is 14.8. The van der Waals surface area contributed by atoms with Gasteiger partial charge in [0.05, 0.1) is 17.4 Å². The Bertz CT molecular complexity index is 1190. The summed E-state index contributed by atoms with van der Waals surface area (Å²) in [5.41, 5.74) is 10.2. The largest absolute Gasteiger partial charge is 0.369 e. The van der Waals surface area contributed by atoms with E-state index in [0.717, 1.165) is 60.7 Å². The van der Waals surface area contributed by atoms with Gasteiger partial charge in [-0.2, -0.15) is 11.8 Å². The van der Waals surface area contributed by atoms with E-state index in [0.29, 0.717) is 28.3 Å². The number of halogens is 1. The molecule has 0 unspecified atom stereocenters. The summed E-state index contributed by atoms with van der Waals surface area (Å²) in [7, 11) is 0. The molecule has 3 aromatic rings. The molecule has 1 saturated carbocycles. The average molecular weight is 479 g/mol. The Labute approximate surface area is 204 Å². The van der Waals surface area contributed by atoms with Gasteiger partial charge in [0.2, 0.25) is 0 Å². The Morgan fingerprint density at radius 3 is 2.79 bits per heavy atom. The summed E-state index contributed by atoms with van der Waals surface area (Å²) < 4.78 is 14.8. The number of pyridine rings is 2. The van der Waals surface area contributed by atoms with Crippen LogP contribution in [-0.2, 0) is 6.42 Å². The molecule has 0 bridgehead atoms. The van der Waals surface area contributed by atoms with Crippen LogP contribution < -0.4 is 10.6 Å². The van der Waals surface area contributed by atoms with Gasteiger partial charge in [-0.1, -0.05) is 6.92 Å². The van der Waals surface area contributed by atoms with Crippen molar-refractivity contribution in [1.29, 1.82) is 0 Å². The fourth-order valence-electron chi connectivity index (χ4n) is 5.56. The van der Waals surface area contributed by atoms with Crippen molar-refractivity contribution in [2.75, 3.05) is 29.5 Å². The highest BCUT2D eigenvalue weighted by Crippen LogP contribution is 2.37. The molecule has 1 aliphatic heterocycles. The first-order chi connectivity index (χ1) is 16.5. The van der Waals surface area contributed by atoms with Crippen LogP contribution in [0.4, 0.5) is 10.1 Å². The topological polar surface area (TPSA) is 72.1 Å². The summed E-state index contributed by atoms with van der Waals surface area (Å²) in [6.07, 6.45) is 8.62. The highest BCUT2D eigenvalue weighted by molar-refractivity contribution is 7.99. The van der Waals surface area contributed by atoms with Gasteiger partial charge in [-0.15, -0.1) is 0 Å². The molecule has 7 heteroatoms. The fourth-order valence-corrected chi connectivity index (χ4v) is 6.46. The summed E-state index contributed by atoms with van der Waals surface area (Å²) >= 11 is 1.93. The minimum atomic E-state index is -0.348. The van der Waals surface area contributed by atoms with E-state index in [1.165, 1.54) is 6.07 Å². The van der Waals surface area contributed by atoms with Gasteiger partial charge in [-0.05, 0) is 66.5 Å². The summed E-state index contributed by atoms with van der Waals surface area (Å²) in [5.74, 6) is 2.58. The fraction of sp³-hybridized carbons (Fsp3) is 0.444. The first kappa shape index (κ1) is 23.2. The summed E-state index contributed by atoms with van der Waals surface area (Å²) in [4.78, 5) is 24.6. The van der Waals surface area contributed by atoms with Crippen LogP contribution in [0.3, 0.4) is 0 Å². The summed E-state index contributed by atoms with van der Waals surface area (Å²) in [6, 6.07) is 7.01. The first-order valence-corrected chi connectivity index (χ1v) is 13.3. The predicted molar refractivity (Wildman–Crippen MR) is 137 cm³/mol. The highest BCUT2D eigenvalue weighted by Gasteiger charge is 2.28. The van der Waals surface area contributed by atoms with E-state index >= 15 is 0 Å². The maximum Gasteiger partial charge on any atom is 0.169 e. The molecule has 1 aromatic carbocycles. The number of fused-ring (bicyclic) bond motifs is 1. The summed E-state index contributed by atoms with van der Waals surface area (Å²) in [5, 5.41) is 0.403. The van der Waals surface area contributed by atoms with Crippen molar-refractivity contribution in [3.05, 3.63) is 65.4 Å². The highest BCUT2D eigenvalue weighted by atomic mass is 32.2. The third-order valence-electron chi connectivity index (χ3n) is 7.17. The maximum absolute atomic E-state index is 14.8. The number of ketones is 1. The molecule has 2 aromatic heterocycles. The molecule has 3 heterocycles. The molecule has 178 valence electrons. The van der Waals surface area contributed by atoms with Crippen molar-refractivity contribution < 1.29 is 9.18 Å². The molecule has 5 rings (SSSR count). The molecule has 1 saturated heterocycles. The van der Waals surface area contributed by atoms with E-state index in [4.69, 9.17) is 5.73 Å². The van der Waals surface area contributed by atoms with Gasteiger partial charge in [0.15, 0.2) is 5.78 Å². The number of nitrogens with two attached hydrogens (primary N) is 1. The van der Waals surface area contributed by atoms with Crippen molar-refractivity contribution in [3.8, 4) is 0 Å². The lowest BCUT2D eigenvalue weighted by Crippen LogP contribution is -2.32. The molecule has 0 radical (unpaired) electrons. The Morgan fingerprint density at radius 1 is 1.18 bits per heavy atom. The molecule has 2 aliphatic rings. The zero-order chi connectivity index (χ0) is 23.7. The Balaban J connectivity index is 1.44. The number of nitrogens with zero attached hydrogens (tertiary/aromatic N) is 3. The quantitative estimate of drug-likeness (QED) is 0.522. The second kappa shape index (κ2) is 10.0. The molecular weight excluding hydrogens is 447 g/mol. The van der Waals surface area contributed by atoms with Gasteiger partial charge < -0.3 is 10.6 Å². The molecule has 3 atom stereocenters. The van der Waals surface area contributed by atoms with Crippen molar-refractivity contribution in [2.24, 2.45) is 11.7 Å². The van der Waals surface area contributed by atoms with E-state index < -0.39 is 0 Å². The van der Waals surface area contributed by atoms with Gasteiger partial charge in [-0.25, -0.2) is 4.39 Å². The van der Waals surface area contributed by atoms with Gasteiger partial charge in [0.25, 0.3) is 0 Å². The monoisotopic (exact) mass is 478 g/mol. The standard InChI is InChI=1S/C27H31FN4OS/c1-17-10-18(12-20(29)11-17)22-4-5-30-15-19(22)13-26(33)23-2-3-25(28)24-14-21(16-31-27(23)24)32-6-8-34-9-7-32/h2-5,14-18,20H,6-13,29H2,1H3/t17-,18+,20-/m0/s1. The number of hydrogen-bond acceptors (Lipinski definition) is 6. The minimum absolute atomic E-state index is 0.0676. The number of Topliss-reactive ketones (excluding diaryl/α,β-unsaturated/α-hetero) is 1. The Morgan fingerprint density at radius 2 is 2.00 bits per heavy atom. The van der Waals surface area contributed by atoms with E-state index in [9.17, 15) is 9.18 Å². The first-order valence-electron chi connectivity index (χ1n) is 12.1. The second-order valence-corrected chi connectivity index (χ2v) is 11.0. The van der Waals surface area contributed by atoms with Crippen molar-refractivity contribution in [2.45, 2.75) is 44.6 Å². The number of carbonyl (C=O) groups excluding carboxylic acids is 1. The lowest BCUT2D eigenvalue weighted by atomic mass is 9.75. The van der Waals surface area contributed by atoms with Crippen LogP contribution in [0.25, 0.3) is 10.9 Å². The SMILES string of the molecule is C[C@@H]1C[C@H](N)C[C@H](c2ccncc2CC(=O)c2ccc(F)c3cc(N4CCSCC4)cnc23)C1. The van der Waals surface area contributed by atoms with Gasteiger partial charge in [0.1, 0.15) is 5.82 Å². The van der Waals surface area contributed by atoms with Crippen molar-refractivity contribution in [3.63, 3.8) is 0 Å². The molecule has 0 amide bonds. The summed E-state index contributed by atoms with van der Waals surface area (Å²) in [6.45, 7) is 4.09. The number of hydrogen-bond donors (Lipinski definition) is 1. The van der Waals surface area contributed by atoms with Crippen molar-refractivity contribution >= 4 is 34.1 Å². The number of benzene rings is 1. The average Bonchev–Trinajstić information content (AvgIpc) is 2.84. The molecule has 1 aliphatic carbocycles. The van der Waals surface area contributed by atoms with Crippen LogP contribution in [0.1, 0.15) is 53.6 Å². The second-order valence-electron chi connectivity index (χ2n) is 9.73. The number of aromatic nitrogens is 2. The number of carbonyl (C=O) groups is 1. The van der Waals surface area contributed by atoms with Gasteiger partial charge in [0, 0.05) is 60.4 Å². The normalized spacial score (nSPS) is 23.3. The van der Waals surface area contributed by atoms with Crippen LogP contribution in [0.2, 0.25) is 0 Å². The smallest absolute Gasteiger partial charge is 0.169 e.